The van der Waals surface area contributed by atoms with Gasteiger partial charge in [0, 0.05) is 17.2 Å². The number of nitro groups is 1. The summed E-state index contributed by atoms with van der Waals surface area (Å²) < 4.78 is 10.5. The van der Waals surface area contributed by atoms with Gasteiger partial charge in [-0.2, -0.15) is 5.10 Å². The zero-order valence-electron chi connectivity index (χ0n) is 16.2. The number of hydrogen-bond donors (Lipinski definition) is 2. The second-order valence-corrected chi connectivity index (χ2v) is 5.85. The van der Waals surface area contributed by atoms with E-state index in [0.717, 1.165) is 0 Å². The number of methoxy groups -OCH3 is 1. The Morgan fingerprint density at radius 1 is 1.27 bits per heavy atom. The highest BCUT2D eigenvalue weighted by atomic mass is 16.6. The van der Waals surface area contributed by atoms with E-state index in [0.29, 0.717) is 17.7 Å². The predicted molar refractivity (Wildman–Crippen MR) is 110 cm³/mol. The number of nitrogens with one attached hydrogen (secondary N) is 2. The molecule has 1 heterocycles. The van der Waals surface area contributed by atoms with Gasteiger partial charge in [0.15, 0.2) is 11.4 Å². The summed E-state index contributed by atoms with van der Waals surface area (Å²) in [6.07, 6.45) is 1.32. The minimum absolute atomic E-state index is 0.0176. The van der Waals surface area contributed by atoms with Gasteiger partial charge in [0.1, 0.15) is 0 Å². The van der Waals surface area contributed by atoms with Crippen molar-refractivity contribution in [3.8, 4) is 22.8 Å². The minimum atomic E-state index is -0.572. The van der Waals surface area contributed by atoms with Crippen molar-refractivity contribution in [2.45, 2.75) is 6.92 Å². The molecule has 154 valence electrons. The number of anilines is 1. The van der Waals surface area contributed by atoms with E-state index in [2.05, 4.69) is 25.7 Å². The summed E-state index contributed by atoms with van der Waals surface area (Å²) in [5.41, 5.74) is 3.04. The fraction of sp³-hybridized carbons (Fsp3) is 0.158. The maximum absolute atomic E-state index is 12.2. The standard InChI is InChI=1S/C19H18N6O5/c1-3-30-15-10-12(9-14(25(27)28)17(15)29-2)11-20-23-19-21-18(26)16(22-24-19)13-7-5-4-6-8-13/h4-11H,3H2,1-2H3,(H2,21,23,24,26)/b20-11+. The van der Waals surface area contributed by atoms with Crippen LogP contribution < -0.4 is 20.5 Å². The highest BCUT2D eigenvalue weighted by molar-refractivity contribution is 5.83. The molecule has 11 heteroatoms. The molecule has 0 radical (unpaired) electrons. The molecule has 11 nitrogen and oxygen atoms in total. The lowest BCUT2D eigenvalue weighted by atomic mass is 10.2. The van der Waals surface area contributed by atoms with Crippen LogP contribution in [0.2, 0.25) is 0 Å². The Balaban J connectivity index is 1.82. The molecule has 2 N–H and O–H groups in total. The lowest BCUT2D eigenvalue weighted by Crippen LogP contribution is -2.15. The van der Waals surface area contributed by atoms with Crippen molar-refractivity contribution in [2.75, 3.05) is 19.1 Å². The van der Waals surface area contributed by atoms with Gasteiger partial charge in [0.2, 0.25) is 11.7 Å². The van der Waals surface area contributed by atoms with E-state index in [-0.39, 0.29) is 28.8 Å². The van der Waals surface area contributed by atoms with Crippen molar-refractivity contribution in [3.63, 3.8) is 0 Å². The third kappa shape index (κ3) is 4.58. The van der Waals surface area contributed by atoms with Gasteiger partial charge in [-0.05, 0) is 13.0 Å². The topological polar surface area (TPSA) is 145 Å². The highest BCUT2D eigenvalue weighted by Crippen LogP contribution is 2.37. The Morgan fingerprint density at radius 3 is 2.67 bits per heavy atom. The summed E-state index contributed by atoms with van der Waals surface area (Å²) in [5, 5.41) is 23.1. The van der Waals surface area contributed by atoms with E-state index in [4.69, 9.17) is 9.47 Å². The molecule has 30 heavy (non-hydrogen) atoms. The quantitative estimate of drug-likeness (QED) is 0.327. The van der Waals surface area contributed by atoms with Crippen molar-refractivity contribution in [1.82, 2.24) is 15.2 Å². The average Bonchev–Trinajstić information content (AvgIpc) is 2.74. The zero-order chi connectivity index (χ0) is 21.5. The molecule has 3 aromatic rings. The number of rotatable bonds is 8. The van der Waals surface area contributed by atoms with E-state index < -0.39 is 10.5 Å². The van der Waals surface area contributed by atoms with Gasteiger partial charge in [-0.25, -0.2) is 5.43 Å². The summed E-state index contributed by atoms with van der Waals surface area (Å²) in [6, 6.07) is 11.7. The number of hydrogen-bond acceptors (Lipinski definition) is 9. The van der Waals surface area contributed by atoms with Crippen LogP contribution in [0.15, 0.2) is 52.4 Å². The summed E-state index contributed by atoms with van der Waals surface area (Å²) in [4.78, 5) is 25.5. The van der Waals surface area contributed by atoms with Crippen LogP contribution in [0.4, 0.5) is 11.6 Å². The van der Waals surface area contributed by atoms with Gasteiger partial charge in [-0.15, -0.1) is 10.2 Å². The second-order valence-electron chi connectivity index (χ2n) is 5.85. The Morgan fingerprint density at radius 2 is 2.03 bits per heavy atom. The lowest BCUT2D eigenvalue weighted by Gasteiger charge is -2.10. The van der Waals surface area contributed by atoms with E-state index in [9.17, 15) is 14.9 Å². The molecule has 0 fully saturated rings. The Hall–Kier alpha value is -4.28. The molecule has 0 aliphatic carbocycles. The number of hydrazone groups is 1. The molecule has 0 saturated heterocycles. The molecule has 3 rings (SSSR count). The maximum atomic E-state index is 12.2. The number of ether oxygens (including phenoxy) is 2. The molecule has 0 saturated carbocycles. The molecule has 1 aromatic heterocycles. The maximum Gasteiger partial charge on any atom is 0.315 e. The largest absolute Gasteiger partial charge is 0.490 e. The highest BCUT2D eigenvalue weighted by Gasteiger charge is 2.21. The number of aromatic nitrogens is 3. The van der Waals surface area contributed by atoms with Gasteiger partial charge >= 0.3 is 5.69 Å². The fourth-order valence-corrected chi connectivity index (χ4v) is 2.63. The number of nitro benzene ring substituents is 1. The number of benzene rings is 2. The molecule has 0 bridgehead atoms. The van der Waals surface area contributed by atoms with E-state index in [1.54, 1.807) is 37.3 Å². The van der Waals surface area contributed by atoms with Crippen molar-refractivity contribution < 1.29 is 14.4 Å². The van der Waals surface area contributed by atoms with E-state index in [1.807, 2.05) is 6.07 Å². The number of nitrogens with zero attached hydrogens (tertiary/aromatic N) is 4. The molecule has 0 spiro atoms. The van der Waals surface area contributed by atoms with Crippen LogP contribution in [0.25, 0.3) is 11.3 Å². The molecule has 2 aromatic carbocycles. The fourth-order valence-electron chi connectivity index (χ4n) is 2.63. The van der Waals surface area contributed by atoms with E-state index in [1.165, 1.54) is 19.4 Å². The molecule has 0 atom stereocenters. The first-order valence-electron chi connectivity index (χ1n) is 8.84. The van der Waals surface area contributed by atoms with Gasteiger partial charge in [0.05, 0.1) is 24.9 Å². The van der Waals surface area contributed by atoms with Crippen LogP contribution in [-0.2, 0) is 0 Å². The van der Waals surface area contributed by atoms with Crippen molar-refractivity contribution in [2.24, 2.45) is 5.10 Å². The number of H-pyrrole nitrogens is 1. The lowest BCUT2D eigenvalue weighted by molar-refractivity contribution is -0.385. The summed E-state index contributed by atoms with van der Waals surface area (Å²) in [5.74, 6) is 0.263. The zero-order valence-corrected chi connectivity index (χ0v) is 16.2. The summed E-state index contributed by atoms with van der Waals surface area (Å²) in [6.45, 7) is 2.05. The van der Waals surface area contributed by atoms with E-state index >= 15 is 0 Å². The van der Waals surface area contributed by atoms with Crippen LogP contribution >= 0.6 is 0 Å². The third-order valence-electron chi connectivity index (χ3n) is 3.89. The van der Waals surface area contributed by atoms with Gasteiger partial charge in [-0.3, -0.25) is 19.9 Å². The molecule has 0 amide bonds. The Kier molecular flexibility index (Phi) is 6.33. The Bertz CT molecular complexity index is 1130. The first kappa shape index (κ1) is 20.5. The van der Waals surface area contributed by atoms with Gasteiger partial charge in [-0.1, -0.05) is 30.3 Å². The van der Waals surface area contributed by atoms with Crippen LogP contribution in [-0.4, -0.2) is 40.0 Å². The normalized spacial score (nSPS) is 10.7. The molecular formula is C19H18N6O5. The number of aromatic amines is 1. The van der Waals surface area contributed by atoms with Gasteiger partial charge in [0.25, 0.3) is 5.56 Å². The first-order chi connectivity index (χ1) is 14.5. The first-order valence-corrected chi connectivity index (χ1v) is 8.84. The van der Waals surface area contributed by atoms with Crippen LogP contribution in [0.5, 0.6) is 11.5 Å². The average molecular weight is 410 g/mol. The molecule has 0 aliphatic rings. The smallest absolute Gasteiger partial charge is 0.315 e. The van der Waals surface area contributed by atoms with Crippen molar-refractivity contribution in [1.29, 1.82) is 0 Å². The van der Waals surface area contributed by atoms with Crippen LogP contribution in [0, 0.1) is 10.1 Å². The van der Waals surface area contributed by atoms with Crippen LogP contribution in [0.1, 0.15) is 12.5 Å². The van der Waals surface area contributed by atoms with Crippen molar-refractivity contribution in [3.05, 3.63) is 68.5 Å². The summed E-state index contributed by atoms with van der Waals surface area (Å²) >= 11 is 0. The molecule has 0 aliphatic heterocycles. The predicted octanol–water partition coefficient (Wildman–Crippen LogP) is 2.59. The monoisotopic (exact) mass is 410 g/mol. The van der Waals surface area contributed by atoms with Gasteiger partial charge < -0.3 is 9.47 Å². The molecule has 0 unspecified atom stereocenters. The third-order valence-corrected chi connectivity index (χ3v) is 3.89. The Labute approximate surface area is 170 Å². The van der Waals surface area contributed by atoms with Crippen molar-refractivity contribution >= 4 is 17.9 Å². The minimum Gasteiger partial charge on any atom is -0.490 e. The summed E-state index contributed by atoms with van der Waals surface area (Å²) in [7, 11) is 1.33. The SMILES string of the molecule is CCOc1cc(/C=N/Nc2nnc(-c3ccccc3)c(=O)[nH]2)cc([N+](=O)[O-])c1OC. The second kappa shape index (κ2) is 9.28. The molecular weight excluding hydrogens is 392 g/mol. The van der Waals surface area contributed by atoms with Crippen LogP contribution in [0.3, 0.4) is 0 Å².